The summed E-state index contributed by atoms with van der Waals surface area (Å²) < 4.78 is 0. The van der Waals surface area contributed by atoms with Gasteiger partial charge in [-0.05, 0) is 54.3 Å². The van der Waals surface area contributed by atoms with Crippen LogP contribution in [0.1, 0.15) is 50.2 Å². The molecule has 2 aliphatic heterocycles. The van der Waals surface area contributed by atoms with Crippen LogP contribution >= 0.6 is 23.2 Å². The Hall–Kier alpha value is -1.55. The van der Waals surface area contributed by atoms with Crippen molar-refractivity contribution in [1.82, 2.24) is 5.32 Å². The first-order valence-corrected chi connectivity index (χ1v) is 10.9. The summed E-state index contributed by atoms with van der Waals surface area (Å²) in [6.07, 6.45) is 2.93. The molecule has 2 aliphatic rings. The van der Waals surface area contributed by atoms with Crippen LogP contribution in [0.3, 0.4) is 0 Å². The van der Waals surface area contributed by atoms with Gasteiger partial charge in [0.2, 0.25) is 5.91 Å². The van der Waals surface area contributed by atoms with E-state index in [1.165, 1.54) is 0 Å². The molecule has 0 unspecified atom stereocenters. The Bertz CT molecular complexity index is 896. The van der Waals surface area contributed by atoms with Crippen molar-refractivity contribution in [2.24, 2.45) is 5.92 Å². The molecule has 0 aromatic heterocycles. The summed E-state index contributed by atoms with van der Waals surface area (Å²) in [6, 6.07) is 13.9. The fourth-order valence-corrected chi connectivity index (χ4v) is 5.79. The lowest BCUT2D eigenvalue weighted by molar-refractivity contribution is -0.124. The van der Waals surface area contributed by atoms with Gasteiger partial charge in [-0.1, -0.05) is 68.1 Å². The Morgan fingerprint density at radius 2 is 1.86 bits per heavy atom. The largest absolute Gasteiger partial charge is 0.325 e. The summed E-state index contributed by atoms with van der Waals surface area (Å²) in [5, 5.41) is 8.22. The van der Waals surface area contributed by atoms with Gasteiger partial charge in [0, 0.05) is 27.7 Å². The molecule has 1 fully saturated rings. The lowest BCUT2D eigenvalue weighted by Crippen LogP contribution is -2.62. The zero-order chi connectivity index (χ0) is 19.9. The average Bonchev–Trinajstić information content (AvgIpc) is 2.95. The second-order valence-corrected chi connectivity index (χ2v) is 8.79. The number of halogens is 2. The van der Waals surface area contributed by atoms with Crippen molar-refractivity contribution < 1.29 is 4.79 Å². The van der Waals surface area contributed by atoms with Crippen LogP contribution in [0.5, 0.6) is 0 Å². The summed E-state index contributed by atoms with van der Waals surface area (Å²) in [4.78, 5) is 13.7. The third-order valence-electron chi connectivity index (χ3n) is 6.66. The van der Waals surface area contributed by atoms with E-state index >= 15 is 0 Å². The first-order valence-electron chi connectivity index (χ1n) is 10.1. The van der Waals surface area contributed by atoms with E-state index in [1.54, 1.807) is 0 Å². The monoisotopic (exact) mass is 416 g/mol. The average molecular weight is 417 g/mol. The topological polar surface area (TPSA) is 41.1 Å². The molecule has 2 N–H and O–H groups in total. The van der Waals surface area contributed by atoms with Crippen LogP contribution in [-0.2, 0) is 10.2 Å². The lowest BCUT2D eigenvalue weighted by Gasteiger charge is -2.49. The zero-order valence-corrected chi connectivity index (χ0v) is 17.8. The molecule has 1 spiro atoms. The molecule has 2 heterocycles. The highest BCUT2D eigenvalue weighted by Crippen LogP contribution is 2.54. The van der Waals surface area contributed by atoms with Crippen molar-refractivity contribution in [3.8, 4) is 0 Å². The molecule has 4 rings (SSSR count). The SMILES string of the molecule is CCC(CC)[C@H]1NCC[C@@H](c2cccc(Cl)c2)[C@]12C(=O)Nc1cc(Cl)ccc12. The normalized spacial score (nSPS) is 26.5. The molecule has 0 aliphatic carbocycles. The third kappa shape index (κ3) is 2.96. The predicted molar refractivity (Wildman–Crippen MR) is 116 cm³/mol. The van der Waals surface area contributed by atoms with Gasteiger partial charge >= 0.3 is 0 Å². The van der Waals surface area contributed by atoms with Gasteiger partial charge in [-0.3, -0.25) is 4.79 Å². The molecular weight excluding hydrogens is 391 g/mol. The van der Waals surface area contributed by atoms with E-state index in [1.807, 2.05) is 36.4 Å². The summed E-state index contributed by atoms with van der Waals surface area (Å²) in [6.45, 7) is 5.31. The number of benzene rings is 2. The molecule has 0 radical (unpaired) electrons. The minimum atomic E-state index is -0.667. The molecule has 2 aromatic carbocycles. The number of hydrogen-bond donors (Lipinski definition) is 2. The second-order valence-electron chi connectivity index (χ2n) is 7.92. The van der Waals surface area contributed by atoms with Gasteiger partial charge in [0.25, 0.3) is 0 Å². The van der Waals surface area contributed by atoms with Crippen molar-refractivity contribution >= 4 is 34.8 Å². The molecule has 148 valence electrons. The fourth-order valence-electron chi connectivity index (χ4n) is 5.42. The maximum absolute atomic E-state index is 13.7. The van der Waals surface area contributed by atoms with E-state index in [9.17, 15) is 4.79 Å². The van der Waals surface area contributed by atoms with Gasteiger partial charge in [-0.15, -0.1) is 0 Å². The van der Waals surface area contributed by atoms with Gasteiger partial charge in [-0.25, -0.2) is 0 Å². The summed E-state index contributed by atoms with van der Waals surface area (Å²) >= 11 is 12.6. The van der Waals surface area contributed by atoms with E-state index in [0.29, 0.717) is 16.0 Å². The van der Waals surface area contributed by atoms with E-state index in [0.717, 1.165) is 42.6 Å². The number of carbonyl (C=O) groups excluding carboxylic acids is 1. The molecule has 0 bridgehead atoms. The zero-order valence-electron chi connectivity index (χ0n) is 16.3. The van der Waals surface area contributed by atoms with Crippen molar-refractivity contribution in [3.63, 3.8) is 0 Å². The number of rotatable bonds is 4. The molecule has 3 nitrogen and oxygen atoms in total. The summed E-state index contributed by atoms with van der Waals surface area (Å²) in [7, 11) is 0. The maximum atomic E-state index is 13.7. The lowest BCUT2D eigenvalue weighted by atomic mass is 9.57. The van der Waals surface area contributed by atoms with E-state index in [-0.39, 0.29) is 17.9 Å². The number of amides is 1. The number of piperidine rings is 1. The highest BCUT2D eigenvalue weighted by atomic mass is 35.5. The molecule has 2 aromatic rings. The van der Waals surface area contributed by atoms with E-state index in [4.69, 9.17) is 23.2 Å². The number of carbonyl (C=O) groups is 1. The Kier molecular flexibility index (Phi) is 5.43. The van der Waals surface area contributed by atoms with Crippen LogP contribution in [0.25, 0.3) is 0 Å². The minimum absolute atomic E-state index is 0.0560. The molecule has 3 atom stereocenters. The quantitative estimate of drug-likeness (QED) is 0.664. The smallest absolute Gasteiger partial charge is 0.237 e. The number of nitrogens with one attached hydrogen (secondary N) is 2. The van der Waals surface area contributed by atoms with Crippen LogP contribution in [-0.4, -0.2) is 18.5 Å². The number of hydrogen-bond acceptors (Lipinski definition) is 2. The highest BCUT2D eigenvalue weighted by molar-refractivity contribution is 6.31. The van der Waals surface area contributed by atoms with Crippen LogP contribution in [0.2, 0.25) is 10.0 Å². The molecule has 0 saturated carbocycles. The molecular formula is C23H26Cl2N2O. The van der Waals surface area contributed by atoms with Gasteiger partial charge < -0.3 is 10.6 Å². The van der Waals surface area contributed by atoms with Crippen LogP contribution in [0.4, 0.5) is 5.69 Å². The standard InChI is InChI=1S/C23H26Cl2N2O/c1-3-14(4-2)21-23(19-9-8-17(25)13-20(19)27-22(23)28)18(10-11-26-21)15-6-5-7-16(24)12-15/h5-9,12-14,18,21,26H,3-4,10-11H2,1-2H3,(H,27,28)/t18-,21+,23+/m0/s1. The van der Waals surface area contributed by atoms with Crippen molar-refractivity contribution in [1.29, 1.82) is 0 Å². The van der Waals surface area contributed by atoms with Crippen molar-refractivity contribution in [3.05, 3.63) is 63.6 Å². The van der Waals surface area contributed by atoms with Crippen LogP contribution < -0.4 is 10.6 Å². The van der Waals surface area contributed by atoms with Crippen LogP contribution in [0, 0.1) is 5.92 Å². The predicted octanol–water partition coefficient (Wildman–Crippen LogP) is 5.77. The number of fused-ring (bicyclic) bond motifs is 2. The number of anilines is 1. The van der Waals surface area contributed by atoms with Gasteiger partial charge in [0.15, 0.2) is 0 Å². The Morgan fingerprint density at radius 1 is 1.11 bits per heavy atom. The van der Waals surface area contributed by atoms with E-state index < -0.39 is 5.41 Å². The molecule has 28 heavy (non-hydrogen) atoms. The van der Waals surface area contributed by atoms with Gasteiger partial charge in [0.05, 0.1) is 5.41 Å². The van der Waals surface area contributed by atoms with Crippen molar-refractivity contribution in [2.75, 3.05) is 11.9 Å². The maximum Gasteiger partial charge on any atom is 0.237 e. The van der Waals surface area contributed by atoms with Gasteiger partial charge in [-0.2, -0.15) is 0 Å². The van der Waals surface area contributed by atoms with Gasteiger partial charge in [0.1, 0.15) is 0 Å². The fraction of sp³-hybridized carbons (Fsp3) is 0.435. The summed E-state index contributed by atoms with van der Waals surface area (Å²) in [5.41, 5.74) is 2.35. The Labute approximate surface area is 176 Å². The van der Waals surface area contributed by atoms with Crippen LogP contribution in [0.15, 0.2) is 42.5 Å². The third-order valence-corrected chi connectivity index (χ3v) is 7.13. The van der Waals surface area contributed by atoms with Crippen molar-refractivity contribution in [2.45, 2.75) is 50.5 Å². The summed E-state index contributed by atoms with van der Waals surface area (Å²) in [5.74, 6) is 0.522. The Morgan fingerprint density at radius 3 is 2.57 bits per heavy atom. The molecule has 5 heteroatoms. The first kappa shape index (κ1) is 19.8. The highest BCUT2D eigenvalue weighted by Gasteiger charge is 2.60. The second kappa shape index (κ2) is 7.70. The molecule has 1 saturated heterocycles. The first-order chi connectivity index (χ1) is 13.5. The molecule has 1 amide bonds. The minimum Gasteiger partial charge on any atom is -0.325 e. The Balaban J connectivity index is 1.96. The van der Waals surface area contributed by atoms with E-state index in [2.05, 4.69) is 30.5 Å².